The lowest BCUT2D eigenvalue weighted by Gasteiger charge is -2.26. The Morgan fingerprint density at radius 2 is 2.06 bits per heavy atom. The molecule has 4 heteroatoms. The van der Waals surface area contributed by atoms with Crippen LogP contribution in [-0.4, -0.2) is 42.5 Å². The molecule has 1 aliphatic carbocycles. The van der Waals surface area contributed by atoms with Gasteiger partial charge in [0.05, 0.1) is 6.04 Å². The van der Waals surface area contributed by atoms with Crippen LogP contribution in [0, 0.1) is 5.92 Å². The molecule has 0 aliphatic heterocycles. The summed E-state index contributed by atoms with van der Waals surface area (Å²) >= 11 is 0. The summed E-state index contributed by atoms with van der Waals surface area (Å²) in [5, 5.41) is 3.31. The molecule has 1 rings (SSSR count). The molecule has 0 aromatic rings. The smallest absolute Gasteiger partial charge is 0.235 e. The molecule has 0 aromatic carbocycles. The van der Waals surface area contributed by atoms with Crippen LogP contribution in [0.3, 0.4) is 0 Å². The van der Waals surface area contributed by atoms with E-state index in [1.807, 2.05) is 0 Å². The van der Waals surface area contributed by atoms with Gasteiger partial charge in [-0.3, -0.25) is 4.79 Å². The summed E-state index contributed by atoms with van der Waals surface area (Å²) in [5.74, 6) is 0.392. The fourth-order valence-corrected chi connectivity index (χ4v) is 1.87. The van der Waals surface area contributed by atoms with Gasteiger partial charge >= 0.3 is 0 Å². The second kappa shape index (κ2) is 6.21. The van der Waals surface area contributed by atoms with Gasteiger partial charge in [0.25, 0.3) is 0 Å². The highest BCUT2D eigenvalue weighted by Gasteiger charge is 2.28. The van der Waals surface area contributed by atoms with Gasteiger partial charge in [-0.15, -0.1) is 0 Å². The van der Waals surface area contributed by atoms with Crippen molar-refractivity contribution in [3.63, 3.8) is 0 Å². The highest BCUT2D eigenvalue weighted by Crippen LogP contribution is 2.19. The van der Waals surface area contributed by atoms with Crippen molar-refractivity contribution in [1.82, 2.24) is 10.2 Å². The molecule has 1 unspecified atom stereocenters. The number of nitrogens with two attached hydrogens (primary N) is 1. The predicted octanol–water partition coefficient (Wildman–Crippen LogP) is 0.570. The Hall–Kier alpha value is -0.610. The van der Waals surface area contributed by atoms with Crippen molar-refractivity contribution in [3.05, 3.63) is 0 Å². The average molecular weight is 227 g/mol. The lowest BCUT2D eigenvalue weighted by Crippen LogP contribution is -2.50. The van der Waals surface area contributed by atoms with Crippen molar-refractivity contribution >= 4 is 5.91 Å². The molecule has 1 amide bonds. The summed E-state index contributed by atoms with van der Waals surface area (Å²) in [6.07, 6.45) is 2.36. The first-order chi connectivity index (χ1) is 7.52. The van der Waals surface area contributed by atoms with Crippen LogP contribution in [-0.2, 0) is 4.79 Å². The molecule has 1 aliphatic rings. The van der Waals surface area contributed by atoms with Crippen molar-refractivity contribution < 1.29 is 4.79 Å². The highest BCUT2D eigenvalue weighted by molar-refractivity contribution is 5.80. The SMILES string of the molecule is CCN(CC(C)C)CC(NC1CC1)C(N)=O. The van der Waals surface area contributed by atoms with Crippen molar-refractivity contribution in [1.29, 1.82) is 0 Å². The summed E-state index contributed by atoms with van der Waals surface area (Å²) in [5.41, 5.74) is 5.42. The van der Waals surface area contributed by atoms with Crippen LogP contribution in [0.1, 0.15) is 33.6 Å². The van der Waals surface area contributed by atoms with Crippen LogP contribution in [0.25, 0.3) is 0 Å². The van der Waals surface area contributed by atoms with Gasteiger partial charge in [-0.25, -0.2) is 0 Å². The summed E-state index contributed by atoms with van der Waals surface area (Å²) in [6, 6.07) is 0.335. The van der Waals surface area contributed by atoms with Gasteiger partial charge < -0.3 is 16.0 Å². The van der Waals surface area contributed by atoms with E-state index in [1.54, 1.807) is 0 Å². The minimum Gasteiger partial charge on any atom is -0.368 e. The molecule has 94 valence electrons. The lowest BCUT2D eigenvalue weighted by atomic mass is 10.2. The van der Waals surface area contributed by atoms with Crippen molar-refractivity contribution in [2.24, 2.45) is 11.7 Å². The van der Waals surface area contributed by atoms with Gasteiger partial charge in [-0.1, -0.05) is 20.8 Å². The van der Waals surface area contributed by atoms with Crippen LogP contribution in [0.4, 0.5) is 0 Å². The number of rotatable bonds is 8. The Balaban J connectivity index is 2.40. The molecule has 0 spiro atoms. The average Bonchev–Trinajstić information content (AvgIpc) is 2.98. The van der Waals surface area contributed by atoms with Gasteiger partial charge in [0, 0.05) is 19.1 Å². The number of nitrogens with zero attached hydrogens (tertiary/aromatic N) is 1. The molecule has 0 saturated heterocycles. The number of hydrogen-bond donors (Lipinski definition) is 2. The molecule has 3 N–H and O–H groups in total. The molecule has 4 nitrogen and oxygen atoms in total. The van der Waals surface area contributed by atoms with E-state index in [9.17, 15) is 4.79 Å². The van der Waals surface area contributed by atoms with E-state index < -0.39 is 0 Å². The van der Waals surface area contributed by atoms with E-state index in [4.69, 9.17) is 5.73 Å². The quantitative estimate of drug-likeness (QED) is 0.637. The van der Waals surface area contributed by atoms with Gasteiger partial charge in [-0.2, -0.15) is 0 Å². The first-order valence-corrected chi connectivity index (χ1v) is 6.30. The molecule has 0 radical (unpaired) electrons. The predicted molar refractivity (Wildman–Crippen MR) is 66.1 cm³/mol. The minimum absolute atomic E-state index is 0.189. The third-order valence-corrected chi connectivity index (χ3v) is 2.87. The number of primary amides is 1. The van der Waals surface area contributed by atoms with Crippen LogP contribution in [0.5, 0.6) is 0 Å². The van der Waals surface area contributed by atoms with Crippen LogP contribution >= 0.6 is 0 Å². The fourth-order valence-electron chi connectivity index (χ4n) is 1.87. The second-order valence-electron chi connectivity index (χ2n) is 5.14. The second-order valence-corrected chi connectivity index (χ2v) is 5.14. The number of carbonyl (C=O) groups excluding carboxylic acids is 1. The third-order valence-electron chi connectivity index (χ3n) is 2.87. The number of carbonyl (C=O) groups is 1. The third kappa shape index (κ3) is 4.94. The molecule has 1 saturated carbocycles. The number of amides is 1. The zero-order valence-electron chi connectivity index (χ0n) is 10.7. The first kappa shape index (κ1) is 13.5. The van der Waals surface area contributed by atoms with Gasteiger partial charge in [0.15, 0.2) is 0 Å². The topological polar surface area (TPSA) is 58.4 Å². The first-order valence-electron chi connectivity index (χ1n) is 6.30. The number of likely N-dealkylation sites (N-methyl/N-ethyl adjacent to an activating group) is 1. The maximum absolute atomic E-state index is 11.3. The fraction of sp³-hybridized carbons (Fsp3) is 0.917. The monoisotopic (exact) mass is 227 g/mol. The normalized spacial score (nSPS) is 18.1. The lowest BCUT2D eigenvalue weighted by molar-refractivity contribution is -0.120. The number of nitrogens with one attached hydrogen (secondary N) is 1. The summed E-state index contributed by atoms with van der Waals surface area (Å²) in [4.78, 5) is 13.6. The van der Waals surface area contributed by atoms with Crippen molar-refractivity contribution in [2.45, 2.75) is 45.7 Å². The minimum atomic E-state index is -0.228. The standard InChI is InChI=1S/C12H25N3O/c1-4-15(7-9(2)3)8-11(12(13)16)14-10-5-6-10/h9-11,14H,4-8H2,1-3H3,(H2,13,16). The Kier molecular flexibility index (Phi) is 5.22. The molecular weight excluding hydrogens is 202 g/mol. The van der Waals surface area contributed by atoms with E-state index in [0.29, 0.717) is 12.0 Å². The Bertz CT molecular complexity index is 226. The van der Waals surface area contributed by atoms with E-state index >= 15 is 0 Å². The van der Waals surface area contributed by atoms with Crippen LogP contribution in [0.2, 0.25) is 0 Å². The zero-order valence-corrected chi connectivity index (χ0v) is 10.7. The van der Waals surface area contributed by atoms with E-state index in [0.717, 1.165) is 19.6 Å². The van der Waals surface area contributed by atoms with Crippen LogP contribution in [0.15, 0.2) is 0 Å². The summed E-state index contributed by atoms with van der Waals surface area (Å²) < 4.78 is 0. The maximum atomic E-state index is 11.3. The van der Waals surface area contributed by atoms with E-state index in [-0.39, 0.29) is 11.9 Å². The Morgan fingerprint density at radius 3 is 2.44 bits per heavy atom. The van der Waals surface area contributed by atoms with E-state index in [1.165, 1.54) is 12.8 Å². The maximum Gasteiger partial charge on any atom is 0.235 e. The largest absolute Gasteiger partial charge is 0.368 e. The Morgan fingerprint density at radius 1 is 1.44 bits per heavy atom. The Labute approximate surface area is 98.6 Å². The molecule has 1 fully saturated rings. The van der Waals surface area contributed by atoms with Gasteiger partial charge in [-0.05, 0) is 25.3 Å². The summed E-state index contributed by atoms with van der Waals surface area (Å²) in [7, 11) is 0. The van der Waals surface area contributed by atoms with E-state index in [2.05, 4.69) is 31.0 Å². The molecule has 1 atom stereocenters. The molecule has 16 heavy (non-hydrogen) atoms. The molecular formula is C12H25N3O. The van der Waals surface area contributed by atoms with Gasteiger partial charge in [0.2, 0.25) is 5.91 Å². The zero-order chi connectivity index (χ0) is 12.1. The number of hydrogen-bond acceptors (Lipinski definition) is 3. The molecule has 0 bridgehead atoms. The van der Waals surface area contributed by atoms with Crippen LogP contribution < -0.4 is 11.1 Å². The highest BCUT2D eigenvalue weighted by atomic mass is 16.1. The van der Waals surface area contributed by atoms with Gasteiger partial charge in [0.1, 0.15) is 0 Å². The molecule has 0 heterocycles. The molecule has 0 aromatic heterocycles. The summed E-state index contributed by atoms with van der Waals surface area (Å²) in [6.45, 7) is 9.23. The van der Waals surface area contributed by atoms with Crippen molar-refractivity contribution in [2.75, 3.05) is 19.6 Å². The van der Waals surface area contributed by atoms with Crippen molar-refractivity contribution in [3.8, 4) is 0 Å².